The number of carbonyl (C=O) groups excluding carboxylic acids is 1. The van der Waals surface area contributed by atoms with Crippen molar-refractivity contribution in [2.75, 3.05) is 70.9 Å². The Morgan fingerprint density at radius 2 is 1.68 bits per heavy atom. The van der Waals surface area contributed by atoms with E-state index in [1.165, 1.54) is 0 Å². The number of pyridine rings is 2. The highest BCUT2D eigenvalue weighted by molar-refractivity contribution is 5.87. The predicted molar refractivity (Wildman–Crippen MR) is 155 cm³/mol. The summed E-state index contributed by atoms with van der Waals surface area (Å²) in [6, 6.07) is 8.39. The van der Waals surface area contributed by atoms with E-state index in [1.807, 2.05) is 48.9 Å². The number of aromatic nitrogens is 5. The van der Waals surface area contributed by atoms with Crippen LogP contribution in [0.15, 0.2) is 49.2 Å². The molecule has 0 bridgehead atoms. The van der Waals surface area contributed by atoms with Gasteiger partial charge in [0.05, 0.1) is 30.0 Å². The first kappa shape index (κ1) is 27.3. The van der Waals surface area contributed by atoms with E-state index in [1.54, 1.807) is 15.4 Å². The lowest BCUT2D eigenvalue weighted by Crippen LogP contribution is -2.53. The number of aryl methyl sites for hydroxylation is 1. The standard InChI is InChI=1S/C28H32N10O.CH4/c1-33-5-7-35(8-6-33)20-27(39)37-11-9-36(10-12-37)26-4-3-21(15-30-26)25-13-22(24-17-31-34(2)18-24)19-38-28(25)23(14-29)16-32-38;/h3-4,13,15-19H,5-12,20H2,1-2H3;1H4. The Morgan fingerprint density at radius 3 is 2.33 bits per heavy atom. The van der Waals surface area contributed by atoms with Crippen molar-refractivity contribution >= 4 is 17.2 Å². The number of nitriles is 1. The number of carbonyl (C=O) groups is 1. The minimum absolute atomic E-state index is 0. The average molecular weight is 541 g/mol. The highest BCUT2D eigenvalue weighted by Gasteiger charge is 2.25. The van der Waals surface area contributed by atoms with Gasteiger partial charge in [-0.2, -0.15) is 15.5 Å². The zero-order valence-electron chi connectivity index (χ0n) is 22.4. The molecule has 0 radical (unpaired) electrons. The fraction of sp³-hybridized carbons (Fsp3) is 0.414. The van der Waals surface area contributed by atoms with Crippen LogP contribution in [0.1, 0.15) is 13.0 Å². The highest BCUT2D eigenvalue weighted by Crippen LogP contribution is 2.32. The maximum absolute atomic E-state index is 12.9. The summed E-state index contributed by atoms with van der Waals surface area (Å²) >= 11 is 0. The molecule has 0 unspecified atom stereocenters. The highest BCUT2D eigenvalue weighted by atomic mass is 16.2. The summed E-state index contributed by atoms with van der Waals surface area (Å²) in [5, 5.41) is 18.4. The first-order valence-corrected chi connectivity index (χ1v) is 13.3. The molecule has 2 saturated heterocycles. The van der Waals surface area contributed by atoms with Crippen molar-refractivity contribution in [3.8, 4) is 28.3 Å². The van der Waals surface area contributed by atoms with Gasteiger partial charge in [0.25, 0.3) is 0 Å². The SMILES string of the molecule is C.CN1CCN(CC(=O)N2CCN(c3ccc(-c4cc(-c5cnn(C)c5)cn5ncc(C#N)c45)cn3)CC2)CC1. The quantitative estimate of drug-likeness (QED) is 0.380. The monoisotopic (exact) mass is 540 g/mol. The summed E-state index contributed by atoms with van der Waals surface area (Å²) in [5.41, 5.74) is 5.01. The Bertz CT molecular complexity index is 1520. The molecule has 0 N–H and O–H groups in total. The number of hydrogen-bond donors (Lipinski definition) is 0. The summed E-state index contributed by atoms with van der Waals surface area (Å²) in [5.74, 6) is 1.10. The van der Waals surface area contributed by atoms with Gasteiger partial charge in [-0.25, -0.2) is 9.50 Å². The van der Waals surface area contributed by atoms with E-state index in [4.69, 9.17) is 4.98 Å². The molecule has 0 aliphatic carbocycles. The maximum Gasteiger partial charge on any atom is 0.236 e. The average Bonchev–Trinajstić information content (AvgIpc) is 3.60. The molecule has 0 spiro atoms. The molecule has 4 aromatic rings. The van der Waals surface area contributed by atoms with Gasteiger partial charge in [-0.3, -0.25) is 14.4 Å². The van der Waals surface area contributed by atoms with Crippen LogP contribution in [0.25, 0.3) is 27.8 Å². The third-order valence-electron chi connectivity index (χ3n) is 7.74. The molecule has 2 fully saturated rings. The van der Waals surface area contributed by atoms with Gasteiger partial charge in [0.1, 0.15) is 11.9 Å². The van der Waals surface area contributed by atoms with E-state index in [-0.39, 0.29) is 13.3 Å². The summed E-state index contributed by atoms with van der Waals surface area (Å²) in [7, 11) is 4.01. The minimum atomic E-state index is 0. The molecule has 0 saturated carbocycles. The van der Waals surface area contributed by atoms with Crippen LogP contribution in [0.5, 0.6) is 0 Å². The Labute approximate surface area is 234 Å². The van der Waals surface area contributed by atoms with Crippen molar-refractivity contribution in [1.82, 2.24) is 39.1 Å². The van der Waals surface area contributed by atoms with Crippen LogP contribution in [0.4, 0.5) is 5.82 Å². The first-order chi connectivity index (χ1) is 19.0. The van der Waals surface area contributed by atoms with Crippen LogP contribution in [0, 0.1) is 11.3 Å². The second kappa shape index (κ2) is 11.5. The lowest BCUT2D eigenvalue weighted by molar-refractivity contribution is -0.133. The van der Waals surface area contributed by atoms with Crippen LogP contribution in [-0.2, 0) is 11.8 Å². The number of piperazine rings is 2. The summed E-state index contributed by atoms with van der Waals surface area (Å²) < 4.78 is 3.52. The fourth-order valence-electron chi connectivity index (χ4n) is 5.37. The first-order valence-electron chi connectivity index (χ1n) is 13.3. The van der Waals surface area contributed by atoms with Crippen LogP contribution in [0.3, 0.4) is 0 Å². The third kappa shape index (κ3) is 5.41. The zero-order valence-corrected chi connectivity index (χ0v) is 22.4. The Kier molecular flexibility index (Phi) is 7.82. The topological polar surface area (TPSA) is 102 Å². The van der Waals surface area contributed by atoms with Crippen molar-refractivity contribution in [3.05, 3.63) is 54.7 Å². The van der Waals surface area contributed by atoms with Gasteiger partial charge < -0.3 is 14.7 Å². The molecule has 1 amide bonds. The summed E-state index contributed by atoms with van der Waals surface area (Å²) in [4.78, 5) is 26.4. The molecule has 0 aromatic carbocycles. The maximum atomic E-state index is 12.9. The smallest absolute Gasteiger partial charge is 0.236 e. The van der Waals surface area contributed by atoms with Crippen LogP contribution in [0.2, 0.25) is 0 Å². The number of rotatable bonds is 5. The number of nitrogens with zero attached hydrogens (tertiary/aromatic N) is 10. The van der Waals surface area contributed by atoms with Gasteiger partial charge >= 0.3 is 0 Å². The van der Waals surface area contributed by atoms with E-state index in [9.17, 15) is 10.1 Å². The van der Waals surface area contributed by atoms with Crippen LogP contribution < -0.4 is 4.90 Å². The number of fused-ring (bicyclic) bond motifs is 1. The molecule has 4 aromatic heterocycles. The molecule has 40 heavy (non-hydrogen) atoms. The van der Waals surface area contributed by atoms with Crippen LogP contribution in [-0.4, -0.2) is 111 Å². The van der Waals surface area contributed by atoms with Gasteiger partial charge in [-0.1, -0.05) is 7.43 Å². The number of likely N-dealkylation sites (N-methyl/N-ethyl adjacent to an activating group) is 1. The van der Waals surface area contributed by atoms with E-state index in [0.29, 0.717) is 25.2 Å². The van der Waals surface area contributed by atoms with Gasteiger partial charge in [0, 0.05) is 100 Å². The van der Waals surface area contributed by atoms with Gasteiger partial charge in [-0.05, 0) is 25.2 Å². The van der Waals surface area contributed by atoms with Crippen molar-refractivity contribution in [1.29, 1.82) is 5.26 Å². The molecule has 2 aliphatic heterocycles. The largest absolute Gasteiger partial charge is 0.353 e. The third-order valence-corrected chi connectivity index (χ3v) is 7.74. The Balaban J connectivity index is 0.00000323. The fourth-order valence-corrected chi connectivity index (χ4v) is 5.37. The molecule has 11 nitrogen and oxygen atoms in total. The summed E-state index contributed by atoms with van der Waals surface area (Å²) in [6.07, 6.45) is 9.14. The Morgan fingerprint density at radius 1 is 0.900 bits per heavy atom. The molecule has 6 rings (SSSR count). The normalized spacial score (nSPS) is 16.6. The zero-order chi connectivity index (χ0) is 26.9. The molecule has 11 heteroatoms. The minimum Gasteiger partial charge on any atom is -0.353 e. The number of amides is 1. The second-order valence-electron chi connectivity index (χ2n) is 10.4. The molecule has 2 aliphatic rings. The molecule has 0 atom stereocenters. The Hall–Kier alpha value is -4.27. The lowest BCUT2D eigenvalue weighted by atomic mass is 10.0. The van der Waals surface area contributed by atoms with Crippen LogP contribution >= 0.6 is 0 Å². The van der Waals surface area contributed by atoms with E-state index < -0.39 is 0 Å². The van der Waals surface area contributed by atoms with E-state index in [0.717, 1.165) is 72.9 Å². The van der Waals surface area contributed by atoms with Gasteiger partial charge in [-0.15, -0.1) is 0 Å². The van der Waals surface area contributed by atoms with Crippen molar-refractivity contribution < 1.29 is 4.79 Å². The molecule has 208 valence electrons. The van der Waals surface area contributed by atoms with E-state index in [2.05, 4.69) is 44.1 Å². The lowest BCUT2D eigenvalue weighted by Gasteiger charge is -2.37. The van der Waals surface area contributed by atoms with Gasteiger partial charge in [0.15, 0.2) is 0 Å². The number of anilines is 1. The van der Waals surface area contributed by atoms with Crippen molar-refractivity contribution in [2.24, 2.45) is 7.05 Å². The molecular weight excluding hydrogens is 504 g/mol. The van der Waals surface area contributed by atoms with Crippen molar-refractivity contribution in [3.63, 3.8) is 0 Å². The molecule has 6 heterocycles. The summed E-state index contributed by atoms with van der Waals surface area (Å²) in [6.45, 7) is 7.34. The van der Waals surface area contributed by atoms with E-state index >= 15 is 0 Å². The molecular formula is C29H36N10O. The second-order valence-corrected chi connectivity index (χ2v) is 10.4. The van der Waals surface area contributed by atoms with Crippen molar-refractivity contribution in [2.45, 2.75) is 7.43 Å². The van der Waals surface area contributed by atoms with Gasteiger partial charge in [0.2, 0.25) is 5.91 Å². The predicted octanol–water partition coefficient (Wildman–Crippen LogP) is 2.20. The number of hydrogen-bond acceptors (Lipinski definition) is 8.